The molecule has 6 aromatic heterocycles. The van der Waals surface area contributed by atoms with Crippen molar-refractivity contribution in [1.29, 1.82) is 0 Å². The molecule has 20 aromatic rings. The summed E-state index contributed by atoms with van der Waals surface area (Å²) in [7, 11) is 0. The first kappa shape index (κ1) is 66.4. The molecule has 10 nitrogen and oxygen atoms in total. The summed E-state index contributed by atoms with van der Waals surface area (Å²) in [6.07, 6.45) is 0. The molecule has 0 saturated heterocycles. The second kappa shape index (κ2) is 29.6. The summed E-state index contributed by atoms with van der Waals surface area (Å²) >= 11 is 3.48. The van der Waals surface area contributed by atoms with Crippen molar-refractivity contribution in [2.75, 3.05) is 0 Å². The van der Waals surface area contributed by atoms with Crippen LogP contribution in [0.15, 0.2) is 376 Å². The third kappa shape index (κ3) is 13.6. The highest BCUT2D eigenvalue weighted by Gasteiger charge is 2.22. The van der Waals surface area contributed by atoms with Gasteiger partial charge in [-0.05, 0) is 62.7 Å². The first-order chi connectivity index (χ1) is 54.5. The molecule has 0 amide bonds. The largest absolute Gasteiger partial charge is 0.226 e. The van der Waals surface area contributed by atoms with Crippen LogP contribution in [0.1, 0.15) is 0 Å². The van der Waals surface area contributed by atoms with Crippen LogP contribution in [0.5, 0.6) is 0 Å². The van der Waals surface area contributed by atoms with Crippen molar-refractivity contribution in [1.82, 2.24) is 49.8 Å². The topological polar surface area (TPSA) is 129 Å². The van der Waals surface area contributed by atoms with Gasteiger partial charge in [0.15, 0.2) is 46.6 Å². The minimum Gasteiger partial charge on any atom is -0.226 e. The van der Waals surface area contributed by atoms with Gasteiger partial charge in [0.1, 0.15) is 0 Å². The third-order valence-corrected chi connectivity index (χ3v) is 21.9. The normalized spacial score (nSPS) is 11.3. The van der Waals surface area contributed by atoms with Crippen LogP contribution >= 0.6 is 22.7 Å². The molecular formula is C98H62N10S2. The molecule has 6 heterocycles. The smallest absolute Gasteiger partial charge is 0.164 e. The van der Waals surface area contributed by atoms with E-state index in [0.717, 1.165) is 126 Å². The lowest BCUT2D eigenvalue weighted by Gasteiger charge is -2.11. The second-order valence-electron chi connectivity index (χ2n) is 26.6. The molecule has 0 N–H and O–H groups in total. The molecule has 0 saturated carbocycles. The Morgan fingerprint density at radius 2 is 0.355 bits per heavy atom. The highest BCUT2D eigenvalue weighted by molar-refractivity contribution is 7.26. The van der Waals surface area contributed by atoms with Crippen LogP contribution in [-0.2, 0) is 0 Å². The maximum atomic E-state index is 5.26. The molecule has 0 aliphatic heterocycles. The van der Waals surface area contributed by atoms with Crippen molar-refractivity contribution in [3.63, 3.8) is 0 Å². The van der Waals surface area contributed by atoms with E-state index in [9.17, 15) is 0 Å². The summed E-state index contributed by atoms with van der Waals surface area (Å²) in [6, 6.07) is 129. The fourth-order valence-corrected chi connectivity index (χ4v) is 16.2. The lowest BCUT2D eigenvalue weighted by atomic mass is 10.0. The summed E-state index contributed by atoms with van der Waals surface area (Å²) in [5, 5.41) is 2.26. The summed E-state index contributed by atoms with van der Waals surface area (Å²) in [4.78, 5) is 50.7. The van der Waals surface area contributed by atoms with Crippen molar-refractivity contribution in [2.45, 2.75) is 0 Å². The van der Waals surface area contributed by atoms with Gasteiger partial charge in [-0.3, -0.25) is 0 Å². The van der Waals surface area contributed by atoms with Crippen LogP contribution in [0.3, 0.4) is 0 Å². The van der Waals surface area contributed by atoms with Crippen molar-refractivity contribution < 1.29 is 0 Å². The summed E-state index contributed by atoms with van der Waals surface area (Å²) < 4.78 is 4.54. The Bertz CT molecular complexity index is 6530. The molecule has 12 heteroatoms. The summed E-state index contributed by atoms with van der Waals surface area (Å²) in [5.74, 6) is 5.02. The molecule has 0 spiro atoms. The van der Waals surface area contributed by atoms with Crippen LogP contribution in [0.25, 0.3) is 199 Å². The maximum absolute atomic E-state index is 5.26. The van der Waals surface area contributed by atoms with Gasteiger partial charge in [-0.2, -0.15) is 0 Å². The van der Waals surface area contributed by atoms with Crippen LogP contribution in [-0.4, -0.2) is 49.8 Å². The molecule has 20 rings (SSSR count). The van der Waals surface area contributed by atoms with E-state index in [-0.39, 0.29) is 0 Å². The van der Waals surface area contributed by atoms with E-state index in [1.807, 2.05) is 97.1 Å². The van der Waals surface area contributed by atoms with Crippen LogP contribution in [0.4, 0.5) is 0 Å². The quantitative estimate of drug-likeness (QED) is 0.104. The monoisotopic (exact) mass is 1440 g/mol. The first-order valence-electron chi connectivity index (χ1n) is 36.3. The lowest BCUT2D eigenvalue weighted by molar-refractivity contribution is 1.07. The van der Waals surface area contributed by atoms with Crippen LogP contribution < -0.4 is 0 Å². The number of aromatic nitrogens is 10. The molecular weight excluding hydrogens is 1380 g/mol. The number of hydrogen-bond donors (Lipinski definition) is 0. The van der Waals surface area contributed by atoms with Crippen LogP contribution in [0.2, 0.25) is 0 Å². The zero-order chi connectivity index (χ0) is 73.1. The van der Waals surface area contributed by atoms with Crippen molar-refractivity contribution in [2.24, 2.45) is 0 Å². The molecule has 0 atom stereocenters. The fourth-order valence-electron chi connectivity index (χ4n) is 13.9. The zero-order valence-electron chi connectivity index (χ0n) is 59.1. The Labute approximate surface area is 642 Å². The van der Waals surface area contributed by atoms with Gasteiger partial charge in [-0.15, -0.1) is 22.7 Å². The minimum atomic E-state index is 0.588. The molecule has 0 unspecified atom stereocenters. The van der Waals surface area contributed by atoms with Gasteiger partial charge in [-0.25, -0.2) is 49.8 Å². The molecule has 110 heavy (non-hydrogen) atoms. The number of nitrogens with zero attached hydrogens (tertiary/aromatic N) is 10. The van der Waals surface area contributed by atoms with E-state index >= 15 is 0 Å². The SMILES string of the molecule is c1ccc(-c2ccc(-c3nc(-c4ccc(-c5ccccc5)cc4)nc(-c4ccc(-c5nc(-c6ccc(-c7ccccc7)cc6)c6sc7ccccc7c6n5)cc4)n3)cc2)cc1.c1ccc(-c2cccc(-c3nc(-c4ccc(-c5nc(-c6ccccc6)nc(-c6ccccc6)n5)cc4)nc4c3sc3ccccc34)c2)cc1. The Balaban J connectivity index is 0.000000153. The van der Waals surface area contributed by atoms with E-state index < -0.39 is 0 Å². The summed E-state index contributed by atoms with van der Waals surface area (Å²) in [6.45, 7) is 0. The van der Waals surface area contributed by atoms with Gasteiger partial charge in [0.05, 0.1) is 31.8 Å². The molecule has 516 valence electrons. The predicted octanol–water partition coefficient (Wildman–Crippen LogP) is 25.4. The molecule has 14 aromatic carbocycles. The Morgan fingerprint density at radius 3 is 0.673 bits per heavy atom. The molecule has 0 fully saturated rings. The van der Waals surface area contributed by atoms with Crippen molar-refractivity contribution in [3.05, 3.63) is 376 Å². The first-order valence-corrected chi connectivity index (χ1v) is 38.0. The van der Waals surface area contributed by atoms with Gasteiger partial charge in [0.25, 0.3) is 0 Å². The summed E-state index contributed by atoms with van der Waals surface area (Å²) in [5.41, 5.74) is 22.4. The van der Waals surface area contributed by atoms with E-state index in [1.165, 1.54) is 26.1 Å². The standard InChI is InChI=1S/C55H35N5S.C43H27N5S/c1-4-12-36(13-5-1)39-20-26-42(27-21-39)49-51-50(47-18-10-11-19-48(47)61-51)57-52(56-49)43-32-34-46(35-33-43)55-59-53(44-28-22-40(23-29-44)37-14-6-2-7-15-37)58-54(60-55)45-30-24-41(25-31-45)38-16-8-3-9-17-38;1-4-13-28(14-5-1)33-19-12-20-34(27-33)37-39-38(35-21-10-11-22-36(35)49-39)45-40(44-37)31-23-25-32(26-24-31)43-47-41(29-15-6-2-7-16-29)46-42(48-43)30-17-8-3-9-18-30/h1-35H;1-27H. The van der Waals surface area contributed by atoms with E-state index in [0.29, 0.717) is 46.6 Å². The van der Waals surface area contributed by atoms with Crippen LogP contribution in [0, 0.1) is 0 Å². The maximum Gasteiger partial charge on any atom is 0.164 e. The van der Waals surface area contributed by atoms with E-state index in [1.54, 1.807) is 22.7 Å². The highest BCUT2D eigenvalue weighted by atomic mass is 32.1. The molecule has 0 aliphatic rings. The number of rotatable bonds is 14. The number of fused-ring (bicyclic) bond motifs is 6. The Morgan fingerprint density at radius 1 is 0.145 bits per heavy atom. The Kier molecular flexibility index (Phi) is 17.8. The molecule has 0 bridgehead atoms. The van der Waals surface area contributed by atoms with Gasteiger partial charge in [0.2, 0.25) is 0 Å². The second-order valence-corrected chi connectivity index (χ2v) is 28.7. The molecule has 0 radical (unpaired) electrons. The minimum absolute atomic E-state index is 0.588. The molecule has 0 aliphatic carbocycles. The number of hydrogen-bond acceptors (Lipinski definition) is 12. The average molecular weight is 1440 g/mol. The fraction of sp³-hybridized carbons (Fsp3) is 0. The van der Waals surface area contributed by atoms with Gasteiger partial charge < -0.3 is 0 Å². The number of thiophene rings is 2. The Hall–Kier alpha value is -14.3. The van der Waals surface area contributed by atoms with E-state index in [4.69, 9.17) is 49.8 Å². The lowest BCUT2D eigenvalue weighted by Crippen LogP contribution is -2.00. The van der Waals surface area contributed by atoms with Gasteiger partial charge >= 0.3 is 0 Å². The zero-order valence-corrected chi connectivity index (χ0v) is 60.7. The predicted molar refractivity (Wildman–Crippen MR) is 453 cm³/mol. The van der Waals surface area contributed by atoms with Gasteiger partial charge in [-0.1, -0.05) is 358 Å². The average Bonchev–Trinajstić information content (AvgIpc) is 1.57. The number of benzene rings is 14. The van der Waals surface area contributed by atoms with Crippen molar-refractivity contribution >= 4 is 63.3 Å². The van der Waals surface area contributed by atoms with E-state index in [2.05, 4.69) is 279 Å². The van der Waals surface area contributed by atoms with Gasteiger partial charge in [0, 0.05) is 75.8 Å². The van der Waals surface area contributed by atoms with Crippen molar-refractivity contribution in [3.8, 4) is 158 Å². The highest BCUT2D eigenvalue weighted by Crippen LogP contribution is 2.43. The third-order valence-electron chi connectivity index (χ3n) is 19.6.